The normalized spacial score (nSPS) is 10.6. The van der Waals surface area contributed by atoms with Crippen molar-refractivity contribution in [1.29, 1.82) is 0 Å². The zero-order chi connectivity index (χ0) is 37.3. The summed E-state index contributed by atoms with van der Waals surface area (Å²) in [6.07, 6.45) is 2.19. The third-order valence-corrected chi connectivity index (χ3v) is 7.71. The lowest BCUT2D eigenvalue weighted by molar-refractivity contribution is 0.0936. The van der Waals surface area contributed by atoms with E-state index in [0.29, 0.717) is 0 Å². The van der Waals surface area contributed by atoms with Crippen LogP contribution >= 0.6 is 0 Å². The molecule has 0 bridgehead atoms. The third kappa shape index (κ3) is 8.07. The quantitative estimate of drug-likeness (QED) is 0.136. The second-order valence-electron chi connectivity index (χ2n) is 11.3. The van der Waals surface area contributed by atoms with Gasteiger partial charge >= 0.3 is 0 Å². The lowest BCUT2D eigenvalue weighted by Crippen LogP contribution is -2.29. The van der Waals surface area contributed by atoms with Crippen LogP contribution in [-0.2, 0) is 19.7 Å². The van der Waals surface area contributed by atoms with Crippen LogP contribution in [0.25, 0.3) is 22.1 Å². The number of rotatable bonds is 9. The Morgan fingerprint density at radius 1 is 0.604 bits per heavy atom. The molecule has 7 aromatic rings. The van der Waals surface area contributed by atoms with E-state index in [2.05, 4.69) is 30.6 Å². The average molecular weight is 715 g/mol. The van der Waals surface area contributed by atoms with Crippen LogP contribution in [0.15, 0.2) is 125 Å². The van der Waals surface area contributed by atoms with E-state index in [0.717, 1.165) is 46.2 Å². The van der Waals surface area contributed by atoms with E-state index in [1.165, 1.54) is 0 Å². The van der Waals surface area contributed by atoms with Gasteiger partial charge < -0.3 is 30.9 Å². The molecule has 0 fully saturated rings. The molecule has 0 aliphatic carbocycles. The smallest absolute Gasteiger partial charge is 0.288 e. The van der Waals surface area contributed by atoms with Gasteiger partial charge in [0, 0.05) is 25.2 Å². The Hall–Kier alpha value is -7.62. The second-order valence-corrected chi connectivity index (χ2v) is 11.3. The molecule has 0 aliphatic rings. The number of aromatic hydroxyl groups is 2. The molecule has 2 amide bonds. The number of hydrogen-bond acceptors (Lipinski definition) is 12. The van der Waals surface area contributed by atoms with Gasteiger partial charge in [-0.15, -0.1) is 9.46 Å². The molecular formula is C37H30N8O8. The molecule has 3 aromatic carbocycles. The molecule has 4 aromatic heterocycles. The standard InChI is InChI=1S/C22H18N4O4.C15H12N4O4/c27-17-11-18(28)26(30-13-16-9-5-2-6-10-16)21-19(17)20(24-14-25-21)22(29)23-12-15-7-3-1-4-8-15;20-10-6-11(21)19(23)14-12(10)13(17-8-18-14)15(22)16-7-9-4-2-1-3-5-9/h1-11,14,27H,12-13H2,(H,23,29);1-6,8,20,23H,7H2,(H,16,22). The number of nitrogens with zero attached hydrogens (tertiary/aromatic N) is 6. The first-order valence-corrected chi connectivity index (χ1v) is 15.9. The van der Waals surface area contributed by atoms with E-state index >= 15 is 0 Å². The molecule has 4 heterocycles. The summed E-state index contributed by atoms with van der Waals surface area (Å²) in [4.78, 5) is 70.1. The van der Waals surface area contributed by atoms with Crippen molar-refractivity contribution in [3.63, 3.8) is 0 Å². The van der Waals surface area contributed by atoms with Crippen molar-refractivity contribution < 1.29 is 29.8 Å². The van der Waals surface area contributed by atoms with Crippen molar-refractivity contribution in [1.82, 2.24) is 40.0 Å². The zero-order valence-electron chi connectivity index (χ0n) is 27.7. The monoisotopic (exact) mass is 714 g/mol. The second kappa shape index (κ2) is 15.9. The number of amides is 2. The fourth-order valence-electron chi connectivity index (χ4n) is 5.15. The Kier molecular flexibility index (Phi) is 10.6. The molecule has 5 N–H and O–H groups in total. The number of nitrogens with one attached hydrogen (secondary N) is 2. The highest BCUT2D eigenvalue weighted by Gasteiger charge is 2.21. The minimum Gasteiger partial charge on any atom is -0.507 e. The first-order valence-electron chi connectivity index (χ1n) is 15.9. The SMILES string of the molecule is O=C(NCc1ccccc1)c1ncnc2c1c(O)cc(=O)n2O.O=C(NCc1ccccc1)c1ncnc2c1c(O)cc(=O)n2OCc1ccccc1. The van der Waals surface area contributed by atoms with Gasteiger partial charge in [-0.1, -0.05) is 91.0 Å². The van der Waals surface area contributed by atoms with Gasteiger partial charge in [0.25, 0.3) is 22.9 Å². The molecule has 0 spiro atoms. The van der Waals surface area contributed by atoms with Crippen LogP contribution in [0.3, 0.4) is 0 Å². The summed E-state index contributed by atoms with van der Waals surface area (Å²) in [5.74, 6) is -1.93. The largest absolute Gasteiger partial charge is 0.507 e. The molecule has 16 heteroatoms. The van der Waals surface area contributed by atoms with Crippen molar-refractivity contribution in [2.45, 2.75) is 19.7 Å². The number of aromatic nitrogens is 6. The van der Waals surface area contributed by atoms with Crippen LogP contribution < -0.4 is 26.6 Å². The fourth-order valence-corrected chi connectivity index (χ4v) is 5.15. The Morgan fingerprint density at radius 3 is 1.55 bits per heavy atom. The van der Waals surface area contributed by atoms with Gasteiger partial charge in [-0.2, -0.15) is 0 Å². The molecule has 0 atom stereocenters. The number of pyridine rings is 2. The lowest BCUT2D eigenvalue weighted by Gasteiger charge is -2.13. The van der Waals surface area contributed by atoms with Crippen LogP contribution in [0.5, 0.6) is 11.5 Å². The summed E-state index contributed by atoms with van der Waals surface area (Å²) >= 11 is 0. The van der Waals surface area contributed by atoms with E-state index < -0.39 is 28.7 Å². The maximum Gasteiger partial charge on any atom is 0.288 e. The highest BCUT2D eigenvalue weighted by molar-refractivity contribution is 6.06. The number of carbonyl (C=O) groups is 2. The maximum absolute atomic E-state index is 12.7. The summed E-state index contributed by atoms with van der Waals surface area (Å²) in [5, 5.41) is 35.3. The summed E-state index contributed by atoms with van der Waals surface area (Å²) in [6, 6.07) is 29.7. The molecule has 0 radical (unpaired) electrons. The minimum atomic E-state index is -0.857. The van der Waals surface area contributed by atoms with Crippen molar-refractivity contribution in [2.75, 3.05) is 0 Å². The Labute approximate surface area is 299 Å². The van der Waals surface area contributed by atoms with Gasteiger partial charge in [0.1, 0.15) is 42.1 Å². The molecule has 0 unspecified atom stereocenters. The summed E-state index contributed by atoms with van der Waals surface area (Å²) in [7, 11) is 0. The predicted molar refractivity (Wildman–Crippen MR) is 190 cm³/mol. The molecule has 0 aliphatic heterocycles. The van der Waals surface area contributed by atoms with E-state index in [-0.39, 0.29) is 63.6 Å². The number of fused-ring (bicyclic) bond motifs is 2. The van der Waals surface area contributed by atoms with Gasteiger partial charge in [-0.05, 0) is 16.7 Å². The van der Waals surface area contributed by atoms with E-state index in [9.17, 15) is 34.6 Å². The van der Waals surface area contributed by atoms with Crippen LogP contribution in [0.4, 0.5) is 0 Å². The van der Waals surface area contributed by atoms with Gasteiger partial charge in [-0.3, -0.25) is 19.2 Å². The maximum atomic E-state index is 12.7. The summed E-state index contributed by atoms with van der Waals surface area (Å²) in [6.45, 7) is 0.668. The van der Waals surface area contributed by atoms with Gasteiger partial charge in [-0.25, -0.2) is 19.9 Å². The zero-order valence-corrected chi connectivity index (χ0v) is 27.7. The van der Waals surface area contributed by atoms with Gasteiger partial charge in [0.2, 0.25) is 0 Å². The Morgan fingerprint density at radius 2 is 1.04 bits per heavy atom. The first kappa shape index (κ1) is 35.2. The van der Waals surface area contributed by atoms with E-state index in [1.807, 2.05) is 91.0 Å². The first-order chi connectivity index (χ1) is 25.7. The van der Waals surface area contributed by atoms with Crippen molar-refractivity contribution in [2.24, 2.45) is 0 Å². The van der Waals surface area contributed by atoms with Gasteiger partial charge in [0.15, 0.2) is 11.3 Å². The molecule has 16 nitrogen and oxygen atoms in total. The topological polar surface area (TPSA) is 224 Å². The number of benzene rings is 3. The fraction of sp³-hybridized carbons (Fsp3) is 0.0811. The number of carbonyl (C=O) groups excluding carboxylic acids is 2. The highest BCUT2D eigenvalue weighted by atomic mass is 16.7. The Balaban J connectivity index is 0.000000188. The summed E-state index contributed by atoms with van der Waals surface area (Å²) in [5.41, 5.74) is 0.775. The Bertz CT molecular complexity index is 2530. The van der Waals surface area contributed by atoms with Crippen LogP contribution in [0.1, 0.15) is 37.7 Å². The van der Waals surface area contributed by atoms with Crippen molar-refractivity contribution in [3.05, 3.63) is 165 Å². The predicted octanol–water partition coefficient (Wildman–Crippen LogP) is 2.72. The van der Waals surface area contributed by atoms with Gasteiger partial charge in [0.05, 0.1) is 10.8 Å². The van der Waals surface area contributed by atoms with Crippen LogP contribution in [0.2, 0.25) is 0 Å². The minimum absolute atomic E-state index is 0.00999. The average Bonchev–Trinajstić information content (AvgIpc) is 3.19. The molecule has 7 rings (SSSR count). The van der Waals surface area contributed by atoms with Crippen LogP contribution in [-0.4, -0.2) is 56.6 Å². The van der Waals surface area contributed by atoms with E-state index in [1.54, 1.807) is 0 Å². The molecule has 0 saturated carbocycles. The third-order valence-electron chi connectivity index (χ3n) is 7.71. The number of hydrogen-bond donors (Lipinski definition) is 5. The molecule has 266 valence electrons. The van der Waals surface area contributed by atoms with Crippen molar-refractivity contribution in [3.8, 4) is 11.5 Å². The molecule has 0 saturated heterocycles. The van der Waals surface area contributed by atoms with Crippen molar-refractivity contribution >= 4 is 33.9 Å². The van der Waals surface area contributed by atoms with Crippen LogP contribution in [0, 0.1) is 0 Å². The lowest BCUT2D eigenvalue weighted by atomic mass is 10.2. The van der Waals surface area contributed by atoms with E-state index in [4.69, 9.17) is 4.84 Å². The summed E-state index contributed by atoms with van der Waals surface area (Å²) < 4.78 is 1.21. The molecule has 53 heavy (non-hydrogen) atoms. The highest BCUT2D eigenvalue weighted by Crippen LogP contribution is 2.24. The molecular weight excluding hydrogens is 684 g/mol.